The number of carboxylic acids is 1. The number of nitrogens with zero attached hydrogens (tertiary/aromatic N) is 1. The van der Waals surface area contributed by atoms with Crippen LogP contribution in [0.1, 0.15) is 10.4 Å². The van der Waals surface area contributed by atoms with Crippen molar-refractivity contribution in [2.24, 2.45) is 0 Å². The normalized spacial score (nSPS) is 10.3. The lowest BCUT2D eigenvalue weighted by Crippen LogP contribution is -2.35. The Morgan fingerprint density at radius 2 is 2.11 bits per heavy atom. The van der Waals surface area contributed by atoms with Crippen LogP contribution in [0.3, 0.4) is 0 Å². The van der Waals surface area contributed by atoms with Crippen LogP contribution in [-0.4, -0.2) is 35.0 Å². The van der Waals surface area contributed by atoms with Gasteiger partial charge in [0.25, 0.3) is 5.91 Å². The monoisotopic (exact) mass is 275 g/mol. The molecule has 0 aliphatic rings. The summed E-state index contributed by atoms with van der Waals surface area (Å²) < 4.78 is 1.01. The van der Waals surface area contributed by atoms with Gasteiger partial charge in [-0.05, 0) is 6.07 Å². The maximum atomic E-state index is 12.4. The predicted octanol–water partition coefficient (Wildman–Crippen LogP) is 2.61. The van der Waals surface area contributed by atoms with E-state index in [1.54, 1.807) is 5.38 Å². The summed E-state index contributed by atoms with van der Waals surface area (Å²) in [6.45, 7) is 3.44. The van der Waals surface area contributed by atoms with E-state index in [9.17, 15) is 9.59 Å². The molecule has 5 heteroatoms. The summed E-state index contributed by atoms with van der Waals surface area (Å²) >= 11 is 1.48. The van der Waals surface area contributed by atoms with Crippen molar-refractivity contribution >= 4 is 33.3 Å². The number of amides is 1. The van der Waals surface area contributed by atoms with Crippen molar-refractivity contribution in [3.8, 4) is 0 Å². The fourth-order valence-corrected chi connectivity index (χ4v) is 2.79. The van der Waals surface area contributed by atoms with Crippen molar-refractivity contribution in [3.05, 3.63) is 47.9 Å². The summed E-state index contributed by atoms with van der Waals surface area (Å²) in [5.74, 6) is -1.31. The van der Waals surface area contributed by atoms with Gasteiger partial charge in [0.05, 0.1) is 5.56 Å². The van der Waals surface area contributed by atoms with Crippen LogP contribution in [0.4, 0.5) is 0 Å². The van der Waals surface area contributed by atoms with E-state index < -0.39 is 5.97 Å². The number of aliphatic carboxylic acids is 1. The Labute approximate surface area is 114 Å². The van der Waals surface area contributed by atoms with Crippen molar-refractivity contribution in [2.75, 3.05) is 13.1 Å². The van der Waals surface area contributed by atoms with E-state index in [0.29, 0.717) is 5.56 Å². The number of hydrogen-bond donors (Lipinski definition) is 1. The molecule has 0 atom stereocenters. The number of hydrogen-bond acceptors (Lipinski definition) is 3. The number of benzene rings is 1. The van der Waals surface area contributed by atoms with Crippen LogP contribution < -0.4 is 0 Å². The molecule has 4 nitrogen and oxygen atoms in total. The van der Waals surface area contributed by atoms with Crippen molar-refractivity contribution in [1.29, 1.82) is 0 Å². The topological polar surface area (TPSA) is 57.6 Å². The van der Waals surface area contributed by atoms with Gasteiger partial charge in [-0.15, -0.1) is 17.9 Å². The summed E-state index contributed by atoms with van der Waals surface area (Å²) in [4.78, 5) is 24.4. The second-order valence-electron chi connectivity index (χ2n) is 4.01. The molecular formula is C14H13NO3S. The molecule has 98 valence electrons. The predicted molar refractivity (Wildman–Crippen MR) is 75.6 cm³/mol. The highest BCUT2D eigenvalue weighted by molar-refractivity contribution is 7.17. The van der Waals surface area contributed by atoms with Crippen molar-refractivity contribution in [2.45, 2.75) is 0 Å². The zero-order valence-corrected chi connectivity index (χ0v) is 11.0. The van der Waals surface area contributed by atoms with E-state index in [1.807, 2.05) is 24.3 Å². The zero-order valence-electron chi connectivity index (χ0n) is 10.2. The molecule has 0 spiro atoms. The number of rotatable bonds is 5. The molecule has 2 aromatic rings. The van der Waals surface area contributed by atoms with E-state index in [-0.39, 0.29) is 19.0 Å². The molecule has 19 heavy (non-hydrogen) atoms. The van der Waals surface area contributed by atoms with Gasteiger partial charge < -0.3 is 10.0 Å². The SMILES string of the molecule is C=CCN(CC(=O)O)C(=O)c1csc2ccccc12. The fraction of sp³-hybridized carbons (Fsp3) is 0.143. The van der Waals surface area contributed by atoms with Crippen LogP contribution in [-0.2, 0) is 4.79 Å². The van der Waals surface area contributed by atoms with Crippen LogP contribution in [0.25, 0.3) is 10.1 Å². The molecule has 1 amide bonds. The van der Waals surface area contributed by atoms with Crippen molar-refractivity contribution in [1.82, 2.24) is 4.90 Å². The van der Waals surface area contributed by atoms with Crippen molar-refractivity contribution in [3.63, 3.8) is 0 Å². The smallest absolute Gasteiger partial charge is 0.323 e. The molecule has 0 aliphatic heterocycles. The molecule has 0 radical (unpaired) electrons. The minimum absolute atomic E-state index is 0.218. The number of thiophene rings is 1. The Balaban J connectivity index is 2.35. The van der Waals surface area contributed by atoms with E-state index in [0.717, 1.165) is 10.1 Å². The molecule has 1 N–H and O–H groups in total. The second-order valence-corrected chi connectivity index (χ2v) is 4.92. The average Bonchev–Trinajstić information content (AvgIpc) is 2.80. The van der Waals surface area contributed by atoms with Gasteiger partial charge in [0.2, 0.25) is 0 Å². The lowest BCUT2D eigenvalue weighted by atomic mass is 10.1. The summed E-state index contributed by atoms with van der Waals surface area (Å²) in [6.07, 6.45) is 1.52. The third-order valence-corrected chi connectivity index (χ3v) is 3.64. The summed E-state index contributed by atoms with van der Waals surface area (Å²) in [5, 5.41) is 11.5. The number of carboxylic acid groups (broad SMARTS) is 1. The van der Waals surface area contributed by atoms with Gasteiger partial charge in [-0.2, -0.15) is 0 Å². The van der Waals surface area contributed by atoms with Gasteiger partial charge in [0, 0.05) is 22.0 Å². The van der Waals surface area contributed by atoms with E-state index in [2.05, 4.69) is 6.58 Å². The first-order valence-corrected chi connectivity index (χ1v) is 6.59. The molecule has 0 aliphatic carbocycles. The largest absolute Gasteiger partial charge is 0.480 e. The van der Waals surface area contributed by atoms with Gasteiger partial charge in [0.1, 0.15) is 6.54 Å². The first kappa shape index (κ1) is 13.3. The molecule has 0 saturated heterocycles. The standard InChI is InChI=1S/C14H13NO3S/c1-2-7-15(8-13(16)17)14(18)11-9-19-12-6-4-3-5-10(11)12/h2-6,9H,1,7-8H2,(H,16,17). The van der Waals surface area contributed by atoms with Crippen LogP contribution in [0.2, 0.25) is 0 Å². The summed E-state index contributed by atoms with van der Waals surface area (Å²) in [5.41, 5.74) is 0.545. The van der Waals surface area contributed by atoms with Crippen molar-refractivity contribution < 1.29 is 14.7 Å². The Hall–Kier alpha value is -2.14. The summed E-state index contributed by atoms with van der Waals surface area (Å²) in [6, 6.07) is 7.57. The zero-order chi connectivity index (χ0) is 13.8. The molecular weight excluding hydrogens is 262 g/mol. The summed E-state index contributed by atoms with van der Waals surface area (Å²) in [7, 11) is 0. The number of carbonyl (C=O) groups is 2. The van der Waals surface area contributed by atoms with Gasteiger partial charge in [-0.1, -0.05) is 24.3 Å². The molecule has 0 fully saturated rings. The highest BCUT2D eigenvalue weighted by Gasteiger charge is 2.20. The van der Waals surface area contributed by atoms with Crippen LogP contribution in [0.15, 0.2) is 42.3 Å². The number of fused-ring (bicyclic) bond motifs is 1. The highest BCUT2D eigenvalue weighted by Crippen LogP contribution is 2.26. The first-order chi connectivity index (χ1) is 9.13. The van der Waals surface area contributed by atoms with E-state index in [4.69, 9.17) is 5.11 Å². The molecule has 1 heterocycles. The molecule has 0 unspecified atom stereocenters. The number of carbonyl (C=O) groups excluding carboxylic acids is 1. The Morgan fingerprint density at radius 3 is 2.79 bits per heavy atom. The maximum Gasteiger partial charge on any atom is 0.323 e. The van der Waals surface area contributed by atoms with E-state index in [1.165, 1.54) is 22.3 Å². The van der Waals surface area contributed by atoms with Gasteiger partial charge in [-0.25, -0.2) is 0 Å². The molecule has 0 bridgehead atoms. The molecule has 2 rings (SSSR count). The van der Waals surface area contributed by atoms with Gasteiger partial charge >= 0.3 is 5.97 Å². The van der Waals surface area contributed by atoms with E-state index >= 15 is 0 Å². The van der Waals surface area contributed by atoms with Crippen LogP contribution >= 0.6 is 11.3 Å². The third-order valence-electron chi connectivity index (χ3n) is 2.67. The molecule has 0 saturated carbocycles. The molecule has 1 aromatic heterocycles. The van der Waals surface area contributed by atoms with Crippen LogP contribution in [0.5, 0.6) is 0 Å². The third kappa shape index (κ3) is 2.82. The Bertz CT molecular complexity index is 632. The fourth-order valence-electron chi connectivity index (χ4n) is 1.85. The Kier molecular flexibility index (Phi) is 3.97. The van der Waals surface area contributed by atoms with Gasteiger partial charge in [-0.3, -0.25) is 9.59 Å². The average molecular weight is 275 g/mol. The van der Waals surface area contributed by atoms with Gasteiger partial charge in [0.15, 0.2) is 0 Å². The lowest BCUT2D eigenvalue weighted by molar-refractivity contribution is -0.137. The quantitative estimate of drug-likeness (QED) is 0.853. The maximum absolute atomic E-state index is 12.4. The lowest BCUT2D eigenvalue weighted by Gasteiger charge is -2.18. The minimum Gasteiger partial charge on any atom is -0.480 e. The highest BCUT2D eigenvalue weighted by atomic mass is 32.1. The Morgan fingerprint density at radius 1 is 1.37 bits per heavy atom. The van der Waals surface area contributed by atoms with Crippen LogP contribution in [0, 0.1) is 0 Å². The second kappa shape index (κ2) is 5.67. The molecule has 1 aromatic carbocycles. The minimum atomic E-state index is -1.03. The first-order valence-electron chi connectivity index (χ1n) is 5.71.